The van der Waals surface area contributed by atoms with Crippen molar-refractivity contribution in [2.75, 3.05) is 23.8 Å². The molecule has 2 spiro atoms. The summed E-state index contributed by atoms with van der Waals surface area (Å²) in [5.41, 5.74) is 1.47. The maximum absolute atomic E-state index is 14.8. The SMILES string of the molecule is CCOc1ccccc1C(=O)[C@H]1[C@@H]2CCCN2[C@]2(C(=O)Nc3ccc(C)cc32)[C@]12C(=O)Nc1ccccc12. The first-order chi connectivity index (χ1) is 18.5. The second-order valence-electron chi connectivity index (χ2n) is 10.7. The molecule has 38 heavy (non-hydrogen) atoms. The summed E-state index contributed by atoms with van der Waals surface area (Å²) >= 11 is 0. The summed E-state index contributed by atoms with van der Waals surface area (Å²) in [6.07, 6.45) is 1.57. The molecular formula is C31H29N3O4. The van der Waals surface area contributed by atoms with E-state index < -0.39 is 16.9 Å². The minimum atomic E-state index is -1.45. The summed E-state index contributed by atoms with van der Waals surface area (Å²) in [5, 5.41) is 6.19. The van der Waals surface area contributed by atoms with E-state index in [1.165, 1.54) is 0 Å². The van der Waals surface area contributed by atoms with Crippen molar-refractivity contribution in [1.29, 1.82) is 0 Å². The summed E-state index contributed by atoms with van der Waals surface area (Å²) in [4.78, 5) is 46.0. The Hall–Kier alpha value is -3.97. The molecule has 0 unspecified atom stereocenters. The predicted molar refractivity (Wildman–Crippen MR) is 143 cm³/mol. The van der Waals surface area contributed by atoms with Crippen LogP contribution in [0.15, 0.2) is 66.7 Å². The fourth-order valence-corrected chi connectivity index (χ4v) is 7.81. The summed E-state index contributed by atoms with van der Waals surface area (Å²) in [5.74, 6) is -0.995. The lowest BCUT2D eigenvalue weighted by atomic mass is 9.57. The normalized spacial score (nSPS) is 28.8. The van der Waals surface area contributed by atoms with Gasteiger partial charge >= 0.3 is 0 Å². The number of ether oxygens (including phenoxy) is 1. The number of anilines is 2. The van der Waals surface area contributed by atoms with Crippen molar-refractivity contribution < 1.29 is 19.1 Å². The molecule has 0 aromatic heterocycles. The number of fused-ring (bicyclic) bond motifs is 7. The van der Waals surface area contributed by atoms with Crippen LogP contribution in [0.3, 0.4) is 0 Å². The van der Waals surface area contributed by atoms with Gasteiger partial charge in [0.2, 0.25) is 5.91 Å². The monoisotopic (exact) mass is 507 g/mol. The highest BCUT2D eigenvalue weighted by Crippen LogP contribution is 2.68. The van der Waals surface area contributed by atoms with E-state index >= 15 is 0 Å². The number of ketones is 1. The second kappa shape index (κ2) is 8.01. The highest BCUT2D eigenvalue weighted by Gasteiger charge is 2.81. The molecule has 7 nitrogen and oxygen atoms in total. The van der Waals surface area contributed by atoms with Gasteiger partial charge in [0.1, 0.15) is 16.7 Å². The number of benzene rings is 3. The molecule has 3 aromatic carbocycles. The van der Waals surface area contributed by atoms with E-state index in [1.54, 1.807) is 12.1 Å². The number of para-hydroxylation sites is 2. The van der Waals surface area contributed by atoms with Crippen LogP contribution in [0.25, 0.3) is 0 Å². The predicted octanol–water partition coefficient (Wildman–Crippen LogP) is 4.41. The maximum Gasteiger partial charge on any atom is 0.251 e. The van der Waals surface area contributed by atoms with E-state index in [0.717, 1.165) is 24.0 Å². The van der Waals surface area contributed by atoms with Crippen molar-refractivity contribution in [3.8, 4) is 5.75 Å². The van der Waals surface area contributed by atoms with Gasteiger partial charge in [-0.15, -0.1) is 0 Å². The number of carbonyl (C=O) groups is 3. The number of Topliss-reactive ketones (excluding diaryl/α,β-unsaturated/α-hetero) is 1. The van der Waals surface area contributed by atoms with E-state index in [-0.39, 0.29) is 23.6 Å². The Bertz CT molecular complexity index is 1530. The molecule has 4 aliphatic rings. The Morgan fingerprint density at radius 2 is 1.71 bits per heavy atom. The van der Waals surface area contributed by atoms with Gasteiger partial charge in [-0.1, -0.05) is 48.0 Å². The Labute approximate surface area is 221 Å². The molecule has 7 rings (SSSR count). The van der Waals surface area contributed by atoms with Gasteiger partial charge in [-0.2, -0.15) is 0 Å². The molecule has 0 bridgehead atoms. The third-order valence-electron chi connectivity index (χ3n) is 8.99. The molecule has 0 saturated carbocycles. The zero-order valence-electron chi connectivity index (χ0n) is 21.4. The van der Waals surface area contributed by atoms with E-state index in [4.69, 9.17) is 4.74 Å². The summed E-state index contributed by atoms with van der Waals surface area (Å²) < 4.78 is 5.87. The molecule has 0 aliphatic carbocycles. The Morgan fingerprint density at radius 3 is 2.55 bits per heavy atom. The quantitative estimate of drug-likeness (QED) is 0.511. The number of amides is 2. The van der Waals surface area contributed by atoms with Crippen molar-refractivity contribution in [3.05, 3.63) is 89.0 Å². The van der Waals surface area contributed by atoms with Crippen LogP contribution < -0.4 is 15.4 Å². The van der Waals surface area contributed by atoms with Crippen LogP contribution in [0.1, 0.15) is 46.8 Å². The zero-order valence-corrected chi connectivity index (χ0v) is 21.4. The van der Waals surface area contributed by atoms with Gasteiger partial charge in [0.05, 0.1) is 18.1 Å². The number of hydrogen-bond donors (Lipinski definition) is 2. The lowest BCUT2D eigenvalue weighted by Crippen LogP contribution is -2.62. The highest BCUT2D eigenvalue weighted by molar-refractivity contribution is 6.21. The molecule has 192 valence electrons. The highest BCUT2D eigenvalue weighted by atomic mass is 16.5. The maximum atomic E-state index is 14.8. The fourth-order valence-electron chi connectivity index (χ4n) is 7.81. The summed E-state index contributed by atoms with van der Waals surface area (Å²) in [6.45, 7) is 4.91. The standard InChI is InChI=1S/C31H29N3O4/c1-3-38-25-13-7-4-9-19(25)27(35)26-24-12-8-16-34(24)31(21-17-18(2)14-15-23(21)33-29(31)37)30(26)20-10-5-6-11-22(20)32-28(30)36/h4-7,9-11,13-15,17,24,26H,3,8,12,16H2,1-2H3,(H,32,36)(H,33,37)/t24-,26+,30-,31+/m0/s1. The topological polar surface area (TPSA) is 87.7 Å². The van der Waals surface area contributed by atoms with Crippen LogP contribution in [-0.2, 0) is 20.5 Å². The lowest BCUT2D eigenvalue weighted by Gasteiger charge is -2.43. The smallest absolute Gasteiger partial charge is 0.251 e. The van der Waals surface area contributed by atoms with Gasteiger partial charge in [0.15, 0.2) is 5.78 Å². The molecule has 7 heteroatoms. The minimum Gasteiger partial charge on any atom is -0.493 e. The summed E-state index contributed by atoms with van der Waals surface area (Å²) in [6, 6.07) is 20.4. The molecule has 3 aromatic rings. The molecule has 2 fully saturated rings. The number of aryl methyl sites for hydroxylation is 1. The number of carbonyl (C=O) groups excluding carboxylic acids is 3. The van der Waals surface area contributed by atoms with Crippen LogP contribution in [0, 0.1) is 12.8 Å². The first-order valence-electron chi connectivity index (χ1n) is 13.3. The van der Waals surface area contributed by atoms with Gasteiger partial charge in [0.25, 0.3) is 5.91 Å². The van der Waals surface area contributed by atoms with Crippen LogP contribution in [-0.4, -0.2) is 41.7 Å². The number of nitrogens with one attached hydrogen (secondary N) is 2. The third-order valence-corrected chi connectivity index (χ3v) is 8.99. The fraction of sp³-hybridized carbons (Fsp3) is 0.323. The van der Waals surface area contributed by atoms with E-state index in [0.29, 0.717) is 41.4 Å². The second-order valence-corrected chi connectivity index (χ2v) is 10.7. The van der Waals surface area contributed by atoms with Crippen LogP contribution >= 0.6 is 0 Å². The van der Waals surface area contributed by atoms with Crippen molar-refractivity contribution in [2.45, 2.75) is 43.7 Å². The van der Waals surface area contributed by atoms with Gasteiger partial charge in [0, 0.05) is 23.0 Å². The van der Waals surface area contributed by atoms with Gasteiger partial charge in [-0.3, -0.25) is 19.3 Å². The van der Waals surface area contributed by atoms with Gasteiger partial charge in [-0.05, 0) is 63.1 Å². The molecule has 4 heterocycles. The number of nitrogens with zero attached hydrogens (tertiary/aromatic N) is 1. The minimum absolute atomic E-state index is 0.163. The molecule has 0 radical (unpaired) electrons. The van der Waals surface area contributed by atoms with E-state index in [1.807, 2.05) is 68.4 Å². The molecule has 2 N–H and O–H groups in total. The Balaban J connectivity index is 1.58. The Morgan fingerprint density at radius 1 is 0.974 bits per heavy atom. The van der Waals surface area contributed by atoms with Gasteiger partial charge < -0.3 is 15.4 Å². The number of hydrogen-bond acceptors (Lipinski definition) is 5. The first-order valence-corrected chi connectivity index (χ1v) is 13.3. The Kier molecular flexibility index (Phi) is 4.89. The molecule has 2 amide bonds. The van der Waals surface area contributed by atoms with Crippen molar-refractivity contribution in [3.63, 3.8) is 0 Å². The van der Waals surface area contributed by atoms with Crippen LogP contribution in [0.4, 0.5) is 11.4 Å². The molecule has 4 atom stereocenters. The first kappa shape index (κ1) is 23.2. The van der Waals surface area contributed by atoms with Crippen molar-refractivity contribution >= 4 is 29.0 Å². The van der Waals surface area contributed by atoms with Crippen molar-refractivity contribution in [1.82, 2.24) is 4.90 Å². The number of rotatable bonds is 4. The molecule has 4 aliphatic heterocycles. The average Bonchev–Trinajstić information content (AvgIpc) is 3.63. The largest absolute Gasteiger partial charge is 0.493 e. The van der Waals surface area contributed by atoms with Crippen LogP contribution in [0.5, 0.6) is 5.75 Å². The average molecular weight is 508 g/mol. The molecule has 2 saturated heterocycles. The van der Waals surface area contributed by atoms with Gasteiger partial charge in [-0.25, -0.2) is 0 Å². The van der Waals surface area contributed by atoms with Crippen LogP contribution in [0.2, 0.25) is 0 Å². The third kappa shape index (κ3) is 2.59. The van der Waals surface area contributed by atoms with E-state index in [9.17, 15) is 14.4 Å². The summed E-state index contributed by atoms with van der Waals surface area (Å²) in [7, 11) is 0. The van der Waals surface area contributed by atoms with Crippen molar-refractivity contribution in [2.24, 2.45) is 5.92 Å². The van der Waals surface area contributed by atoms with E-state index in [2.05, 4.69) is 15.5 Å². The lowest BCUT2D eigenvalue weighted by molar-refractivity contribution is -0.137. The molecular weight excluding hydrogens is 478 g/mol. The zero-order chi connectivity index (χ0) is 26.2.